The molecule has 18 heavy (non-hydrogen) atoms. The summed E-state index contributed by atoms with van der Waals surface area (Å²) in [5.74, 6) is -2.07. The second-order valence-electron chi connectivity index (χ2n) is 3.12. The average molecular weight is 396 g/mol. The van der Waals surface area contributed by atoms with Gasteiger partial charge in [-0.2, -0.15) is 0 Å². The summed E-state index contributed by atoms with van der Waals surface area (Å²) >= 11 is 7.35. The Labute approximate surface area is 118 Å². The summed E-state index contributed by atoms with van der Waals surface area (Å²) in [6.07, 6.45) is -4.69. The van der Waals surface area contributed by atoms with Crippen molar-refractivity contribution in [3.8, 4) is 5.75 Å². The summed E-state index contributed by atoms with van der Waals surface area (Å²) in [7, 11) is 0. The molecule has 0 amide bonds. The zero-order valence-corrected chi connectivity index (χ0v) is 11.5. The maximum absolute atomic E-state index is 12.2. The fraction of sp³-hybridized carbons (Fsp3) is 0.333. The van der Waals surface area contributed by atoms with Crippen molar-refractivity contribution in [1.29, 1.82) is 0 Å². The summed E-state index contributed by atoms with van der Waals surface area (Å²) in [5.41, 5.74) is 0.107. The number of alkyl halides is 4. The molecule has 0 atom stereocenters. The molecule has 1 N–H and O–H groups in total. The Morgan fingerprint density at radius 2 is 2.11 bits per heavy atom. The molecule has 1 heterocycles. The number of pyridine rings is 1. The smallest absolute Gasteiger partial charge is 0.481 e. The van der Waals surface area contributed by atoms with E-state index in [9.17, 15) is 18.0 Å². The monoisotopic (exact) mass is 395 g/mol. The highest BCUT2D eigenvalue weighted by molar-refractivity contribution is 14.1. The standard InChI is InChI=1S/C9H6ClF3INO3/c10-2-5-4(1-7(16)17)6(3-15-8(5)14)18-9(11,12)13/h3H,1-2H2,(H,16,17). The lowest BCUT2D eigenvalue weighted by molar-refractivity contribution is -0.275. The molecule has 4 nitrogen and oxygen atoms in total. The zero-order chi connectivity index (χ0) is 13.9. The van der Waals surface area contributed by atoms with Crippen LogP contribution in [0.2, 0.25) is 0 Å². The van der Waals surface area contributed by atoms with E-state index in [0.717, 1.165) is 6.20 Å². The molecule has 0 bridgehead atoms. The highest BCUT2D eigenvalue weighted by atomic mass is 127. The van der Waals surface area contributed by atoms with E-state index >= 15 is 0 Å². The number of aliphatic carboxylic acids is 1. The van der Waals surface area contributed by atoms with Crippen molar-refractivity contribution in [2.24, 2.45) is 0 Å². The fourth-order valence-electron chi connectivity index (χ4n) is 1.24. The SMILES string of the molecule is O=C(O)Cc1c(OC(F)(F)F)cnc(I)c1CCl. The van der Waals surface area contributed by atoms with Gasteiger partial charge in [-0.1, -0.05) is 0 Å². The van der Waals surface area contributed by atoms with Gasteiger partial charge in [-0.3, -0.25) is 4.79 Å². The van der Waals surface area contributed by atoms with E-state index in [1.54, 1.807) is 22.6 Å². The Morgan fingerprint density at radius 3 is 2.56 bits per heavy atom. The lowest BCUT2D eigenvalue weighted by Crippen LogP contribution is -2.20. The maximum atomic E-state index is 12.2. The largest absolute Gasteiger partial charge is 0.573 e. The van der Waals surface area contributed by atoms with Gasteiger partial charge in [0.2, 0.25) is 0 Å². The van der Waals surface area contributed by atoms with Gasteiger partial charge in [-0.05, 0) is 22.6 Å². The Balaban J connectivity index is 3.28. The summed E-state index contributed by atoms with van der Waals surface area (Å²) in [6, 6.07) is 0. The molecule has 0 aliphatic carbocycles. The highest BCUT2D eigenvalue weighted by Crippen LogP contribution is 2.31. The molecule has 0 radical (unpaired) electrons. The summed E-state index contributed by atoms with van der Waals surface area (Å²) in [4.78, 5) is 14.3. The Hall–Kier alpha value is -0.770. The van der Waals surface area contributed by atoms with E-state index in [1.165, 1.54) is 0 Å². The molecule has 1 aromatic heterocycles. The minimum atomic E-state index is -4.91. The van der Waals surface area contributed by atoms with E-state index in [2.05, 4.69) is 9.72 Å². The van der Waals surface area contributed by atoms with E-state index in [-0.39, 0.29) is 17.0 Å². The van der Waals surface area contributed by atoms with Crippen molar-refractivity contribution in [3.63, 3.8) is 0 Å². The van der Waals surface area contributed by atoms with Crippen molar-refractivity contribution >= 4 is 40.2 Å². The van der Waals surface area contributed by atoms with Crippen LogP contribution in [0.3, 0.4) is 0 Å². The van der Waals surface area contributed by atoms with E-state index in [0.29, 0.717) is 3.70 Å². The number of halogens is 5. The number of carbonyl (C=O) groups is 1. The Morgan fingerprint density at radius 1 is 1.50 bits per heavy atom. The van der Waals surface area contributed by atoms with Crippen molar-refractivity contribution in [2.75, 3.05) is 0 Å². The number of nitrogens with zero attached hydrogens (tertiary/aromatic N) is 1. The minimum absolute atomic E-state index is 0.116. The van der Waals surface area contributed by atoms with Crippen LogP contribution in [-0.2, 0) is 17.1 Å². The second kappa shape index (κ2) is 5.91. The first-order chi connectivity index (χ1) is 8.24. The van der Waals surface area contributed by atoms with Crippen molar-refractivity contribution in [2.45, 2.75) is 18.7 Å². The van der Waals surface area contributed by atoms with Crippen LogP contribution in [0.5, 0.6) is 5.75 Å². The molecule has 0 saturated heterocycles. The quantitative estimate of drug-likeness (QED) is 0.484. The second-order valence-corrected chi connectivity index (χ2v) is 4.41. The van der Waals surface area contributed by atoms with E-state index < -0.39 is 24.5 Å². The van der Waals surface area contributed by atoms with E-state index in [1.807, 2.05) is 0 Å². The first-order valence-corrected chi connectivity index (χ1v) is 6.05. The third kappa shape index (κ3) is 4.16. The summed E-state index contributed by atoms with van der Waals surface area (Å²) < 4.78 is 40.6. The number of carboxylic acids is 1. The zero-order valence-electron chi connectivity index (χ0n) is 8.59. The van der Waals surface area contributed by atoms with Crippen LogP contribution in [0.4, 0.5) is 13.2 Å². The summed E-state index contributed by atoms with van der Waals surface area (Å²) in [6.45, 7) is 0. The number of rotatable bonds is 4. The van der Waals surface area contributed by atoms with Gasteiger partial charge in [-0.25, -0.2) is 4.98 Å². The fourth-order valence-corrected chi connectivity index (χ4v) is 2.41. The molecule has 1 rings (SSSR count). The van der Waals surface area contributed by atoms with Crippen molar-refractivity contribution < 1.29 is 27.8 Å². The molecule has 0 saturated carbocycles. The molecule has 0 aromatic carbocycles. The van der Waals surface area contributed by atoms with Crippen molar-refractivity contribution in [3.05, 3.63) is 21.0 Å². The normalized spacial score (nSPS) is 11.4. The van der Waals surface area contributed by atoms with Crippen LogP contribution in [0.15, 0.2) is 6.20 Å². The van der Waals surface area contributed by atoms with Gasteiger partial charge in [0.05, 0.1) is 18.5 Å². The lowest BCUT2D eigenvalue weighted by atomic mass is 10.1. The molecular weight excluding hydrogens is 389 g/mol. The van der Waals surface area contributed by atoms with Crippen LogP contribution >= 0.6 is 34.2 Å². The van der Waals surface area contributed by atoms with Gasteiger partial charge >= 0.3 is 12.3 Å². The van der Waals surface area contributed by atoms with Crippen LogP contribution < -0.4 is 4.74 Å². The molecule has 9 heteroatoms. The van der Waals surface area contributed by atoms with Gasteiger partial charge in [0, 0.05) is 11.1 Å². The van der Waals surface area contributed by atoms with Crippen LogP contribution in [-0.4, -0.2) is 22.4 Å². The molecule has 100 valence electrons. The molecule has 1 aromatic rings. The van der Waals surface area contributed by atoms with E-state index in [4.69, 9.17) is 16.7 Å². The Kier molecular flexibility index (Phi) is 5.02. The molecular formula is C9H6ClF3INO3. The molecule has 0 unspecified atom stereocenters. The number of aromatic nitrogens is 1. The number of hydrogen-bond acceptors (Lipinski definition) is 3. The predicted molar refractivity (Wildman–Crippen MR) is 64.5 cm³/mol. The Bertz CT molecular complexity index is 467. The van der Waals surface area contributed by atoms with Crippen molar-refractivity contribution in [1.82, 2.24) is 4.98 Å². The first-order valence-electron chi connectivity index (χ1n) is 4.44. The summed E-state index contributed by atoms with van der Waals surface area (Å²) in [5, 5.41) is 8.70. The van der Waals surface area contributed by atoms with Crippen LogP contribution in [0, 0.1) is 3.70 Å². The number of carboxylic acid groups (broad SMARTS) is 1. The van der Waals surface area contributed by atoms with Gasteiger partial charge < -0.3 is 9.84 Å². The van der Waals surface area contributed by atoms with Gasteiger partial charge in [0.15, 0.2) is 5.75 Å². The average Bonchev–Trinajstić information content (AvgIpc) is 2.20. The third-order valence-corrected chi connectivity index (χ3v) is 3.09. The number of ether oxygens (including phenoxy) is 1. The molecule has 0 aliphatic rings. The van der Waals surface area contributed by atoms with Crippen LogP contribution in [0.1, 0.15) is 11.1 Å². The molecule has 0 aliphatic heterocycles. The van der Waals surface area contributed by atoms with Gasteiger partial charge in [0.25, 0.3) is 0 Å². The highest BCUT2D eigenvalue weighted by Gasteiger charge is 2.33. The maximum Gasteiger partial charge on any atom is 0.573 e. The molecule has 0 spiro atoms. The lowest BCUT2D eigenvalue weighted by Gasteiger charge is -2.15. The third-order valence-electron chi connectivity index (χ3n) is 1.89. The van der Waals surface area contributed by atoms with Crippen LogP contribution in [0.25, 0.3) is 0 Å². The number of hydrogen-bond donors (Lipinski definition) is 1. The predicted octanol–water partition coefficient (Wildman–Crippen LogP) is 2.95. The van der Waals surface area contributed by atoms with Gasteiger partial charge in [-0.15, -0.1) is 24.8 Å². The molecule has 0 fully saturated rings. The topological polar surface area (TPSA) is 59.4 Å². The first kappa shape index (κ1) is 15.3. The van der Waals surface area contributed by atoms with Gasteiger partial charge in [0.1, 0.15) is 3.70 Å². The minimum Gasteiger partial charge on any atom is -0.481 e.